The van der Waals surface area contributed by atoms with E-state index in [0.717, 1.165) is 50.6 Å². The second-order valence-corrected chi connectivity index (χ2v) is 6.20. The second kappa shape index (κ2) is 7.96. The van der Waals surface area contributed by atoms with Gasteiger partial charge in [0.15, 0.2) is 0 Å². The molecule has 0 radical (unpaired) electrons. The summed E-state index contributed by atoms with van der Waals surface area (Å²) >= 11 is 0. The highest BCUT2D eigenvalue weighted by atomic mass is 16.5. The molecule has 124 valence electrons. The molecule has 0 saturated carbocycles. The van der Waals surface area contributed by atoms with Gasteiger partial charge in [-0.05, 0) is 41.8 Å². The Bertz CT molecular complexity index is 730. The van der Waals surface area contributed by atoms with Crippen LogP contribution >= 0.6 is 0 Å². The Morgan fingerprint density at radius 2 is 1.96 bits per heavy atom. The summed E-state index contributed by atoms with van der Waals surface area (Å²) in [4.78, 5) is 2.42. The molecule has 0 spiro atoms. The van der Waals surface area contributed by atoms with E-state index in [2.05, 4.69) is 41.4 Å². The third-order valence-electron chi connectivity index (χ3n) is 4.35. The van der Waals surface area contributed by atoms with Gasteiger partial charge in [0.2, 0.25) is 0 Å². The molecule has 0 aliphatic carbocycles. The Balaban J connectivity index is 1.66. The largest absolute Gasteiger partial charge is 0.381 e. The monoisotopic (exact) mass is 321 g/mol. The molecule has 2 aromatic rings. The van der Waals surface area contributed by atoms with Gasteiger partial charge >= 0.3 is 0 Å². The summed E-state index contributed by atoms with van der Waals surface area (Å²) < 4.78 is 5.41. The van der Waals surface area contributed by atoms with Crippen LogP contribution in [0.5, 0.6) is 0 Å². The van der Waals surface area contributed by atoms with Crippen LogP contribution in [0.3, 0.4) is 0 Å². The van der Waals surface area contributed by atoms with E-state index >= 15 is 0 Å². The van der Waals surface area contributed by atoms with Crippen LogP contribution in [0.15, 0.2) is 42.5 Å². The fourth-order valence-electron chi connectivity index (χ4n) is 2.92. The minimum atomic E-state index is 0.701. The number of aryl methyl sites for hydroxylation is 1. The van der Waals surface area contributed by atoms with Crippen molar-refractivity contribution in [3.63, 3.8) is 0 Å². The number of anilines is 1. The van der Waals surface area contributed by atoms with Crippen molar-refractivity contribution in [3.05, 3.63) is 64.7 Å². The molecule has 3 rings (SSSR count). The van der Waals surface area contributed by atoms with E-state index in [1.54, 1.807) is 0 Å². The van der Waals surface area contributed by atoms with E-state index in [1.165, 1.54) is 11.1 Å². The van der Waals surface area contributed by atoms with Gasteiger partial charge in [0.1, 0.15) is 0 Å². The van der Waals surface area contributed by atoms with Gasteiger partial charge in [-0.15, -0.1) is 0 Å². The van der Waals surface area contributed by atoms with Crippen LogP contribution in [0, 0.1) is 18.3 Å². The Morgan fingerprint density at radius 3 is 2.75 bits per heavy atom. The standard InChI is InChI=1S/C20H23N3O/c1-16-5-6-19(15-23-7-9-24-10-8-23)12-20(16)22-14-18-4-2-3-17(11-18)13-21/h2-6,11-12,22H,7-10,14-15H2,1H3. The molecule has 4 nitrogen and oxygen atoms in total. The lowest BCUT2D eigenvalue weighted by Crippen LogP contribution is -2.35. The third-order valence-corrected chi connectivity index (χ3v) is 4.35. The first kappa shape index (κ1) is 16.5. The van der Waals surface area contributed by atoms with Crippen molar-refractivity contribution in [1.82, 2.24) is 4.90 Å². The minimum Gasteiger partial charge on any atom is -0.381 e. The van der Waals surface area contributed by atoms with Gasteiger partial charge in [0.25, 0.3) is 0 Å². The van der Waals surface area contributed by atoms with Crippen LogP contribution in [0.1, 0.15) is 22.3 Å². The maximum absolute atomic E-state index is 9.00. The molecule has 0 atom stereocenters. The highest BCUT2D eigenvalue weighted by molar-refractivity contribution is 5.53. The Kier molecular flexibility index (Phi) is 5.47. The summed E-state index contributed by atoms with van der Waals surface area (Å²) in [6.45, 7) is 7.44. The van der Waals surface area contributed by atoms with Crippen molar-refractivity contribution < 1.29 is 4.74 Å². The number of rotatable bonds is 5. The number of nitrogens with one attached hydrogen (secondary N) is 1. The zero-order valence-corrected chi connectivity index (χ0v) is 14.1. The molecule has 0 amide bonds. The quantitative estimate of drug-likeness (QED) is 0.918. The summed E-state index contributed by atoms with van der Waals surface area (Å²) in [7, 11) is 0. The lowest BCUT2D eigenvalue weighted by Gasteiger charge is -2.26. The van der Waals surface area contributed by atoms with Crippen molar-refractivity contribution >= 4 is 5.69 Å². The molecule has 1 saturated heterocycles. The van der Waals surface area contributed by atoms with Gasteiger partial charge in [0, 0.05) is 31.9 Å². The van der Waals surface area contributed by atoms with Crippen LogP contribution in [-0.4, -0.2) is 31.2 Å². The van der Waals surface area contributed by atoms with Gasteiger partial charge in [0.05, 0.1) is 24.8 Å². The van der Waals surface area contributed by atoms with E-state index in [4.69, 9.17) is 10.00 Å². The molecule has 0 aromatic heterocycles. The first-order chi connectivity index (χ1) is 11.7. The van der Waals surface area contributed by atoms with E-state index in [-0.39, 0.29) is 0 Å². The summed E-state index contributed by atoms with van der Waals surface area (Å²) in [5, 5.41) is 12.5. The van der Waals surface area contributed by atoms with Crippen LogP contribution in [-0.2, 0) is 17.8 Å². The second-order valence-electron chi connectivity index (χ2n) is 6.20. The lowest BCUT2D eigenvalue weighted by molar-refractivity contribution is 0.0342. The molecule has 1 aliphatic rings. The van der Waals surface area contributed by atoms with Crippen LogP contribution in [0.4, 0.5) is 5.69 Å². The number of hydrogen-bond acceptors (Lipinski definition) is 4. The number of benzene rings is 2. The molecular formula is C20H23N3O. The minimum absolute atomic E-state index is 0.701. The van der Waals surface area contributed by atoms with Crippen LogP contribution in [0.2, 0.25) is 0 Å². The smallest absolute Gasteiger partial charge is 0.0991 e. The number of nitrogens with zero attached hydrogens (tertiary/aromatic N) is 2. The fraction of sp³-hybridized carbons (Fsp3) is 0.350. The van der Waals surface area contributed by atoms with Crippen molar-refractivity contribution in [2.45, 2.75) is 20.0 Å². The van der Waals surface area contributed by atoms with Crippen molar-refractivity contribution in [2.24, 2.45) is 0 Å². The molecule has 1 N–H and O–H groups in total. The Hall–Kier alpha value is -2.35. The van der Waals surface area contributed by atoms with Crippen molar-refractivity contribution in [3.8, 4) is 6.07 Å². The van der Waals surface area contributed by atoms with E-state index < -0.39 is 0 Å². The Labute approximate surface area is 143 Å². The average Bonchev–Trinajstić information content (AvgIpc) is 2.63. The number of hydrogen-bond donors (Lipinski definition) is 1. The molecule has 1 fully saturated rings. The molecule has 2 aromatic carbocycles. The van der Waals surface area contributed by atoms with Crippen LogP contribution < -0.4 is 5.32 Å². The van der Waals surface area contributed by atoms with Crippen molar-refractivity contribution in [1.29, 1.82) is 5.26 Å². The Morgan fingerprint density at radius 1 is 1.12 bits per heavy atom. The van der Waals surface area contributed by atoms with Gasteiger partial charge in [-0.3, -0.25) is 4.90 Å². The number of ether oxygens (including phenoxy) is 1. The highest BCUT2D eigenvalue weighted by Crippen LogP contribution is 2.19. The molecule has 24 heavy (non-hydrogen) atoms. The van der Waals surface area contributed by atoms with Gasteiger partial charge < -0.3 is 10.1 Å². The third kappa shape index (κ3) is 4.35. The number of morpholine rings is 1. The fourth-order valence-corrected chi connectivity index (χ4v) is 2.92. The summed E-state index contributed by atoms with van der Waals surface area (Å²) in [5.74, 6) is 0. The van der Waals surface area contributed by atoms with Gasteiger partial charge in [-0.25, -0.2) is 0 Å². The van der Waals surface area contributed by atoms with E-state index in [0.29, 0.717) is 5.56 Å². The van der Waals surface area contributed by atoms with Gasteiger partial charge in [-0.1, -0.05) is 24.3 Å². The predicted octanol–water partition coefficient (Wildman–Crippen LogP) is 3.31. The van der Waals surface area contributed by atoms with Crippen LogP contribution in [0.25, 0.3) is 0 Å². The zero-order chi connectivity index (χ0) is 16.8. The topological polar surface area (TPSA) is 48.3 Å². The summed E-state index contributed by atoms with van der Waals surface area (Å²) in [5.41, 5.74) is 5.52. The molecular weight excluding hydrogens is 298 g/mol. The SMILES string of the molecule is Cc1ccc(CN2CCOCC2)cc1NCc1cccc(C#N)c1. The van der Waals surface area contributed by atoms with Gasteiger partial charge in [-0.2, -0.15) is 5.26 Å². The first-order valence-electron chi connectivity index (χ1n) is 8.37. The molecule has 4 heteroatoms. The summed E-state index contributed by atoms with van der Waals surface area (Å²) in [6.07, 6.45) is 0. The summed E-state index contributed by atoms with van der Waals surface area (Å²) in [6, 6.07) is 16.5. The maximum Gasteiger partial charge on any atom is 0.0991 e. The van der Waals surface area contributed by atoms with E-state index in [9.17, 15) is 0 Å². The predicted molar refractivity (Wildman–Crippen MR) is 95.8 cm³/mol. The number of nitriles is 1. The molecule has 0 bridgehead atoms. The molecule has 1 aliphatic heterocycles. The molecule has 1 heterocycles. The lowest BCUT2D eigenvalue weighted by atomic mass is 10.1. The maximum atomic E-state index is 9.00. The molecule has 0 unspecified atom stereocenters. The highest BCUT2D eigenvalue weighted by Gasteiger charge is 2.11. The van der Waals surface area contributed by atoms with E-state index in [1.807, 2.05) is 24.3 Å². The average molecular weight is 321 g/mol. The zero-order valence-electron chi connectivity index (χ0n) is 14.1. The van der Waals surface area contributed by atoms with Crippen molar-refractivity contribution in [2.75, 3.05) is 31.6 Å². The normalized spacial score (nSPS) is 15.0. The first-order valence-corrected chi connectivity index (χ1v) is 8.37.